The Bertz CT molecular complexity index is 370. The van der Waals surface area contributed by atoms with Gasteiger partial charge in [-0.2, -0.15) is 0 Å². The maximum Gasteiger partial charge on any atom is 0.170 e. The van der Waals surface area contributed by atoms with Crippen molar-refractivity contribution in [3.63, 3.8) is 0 Å². The van der Waals surface area contributed by atoms with Gasteiger partial charge in [-0.25, -0.2) is 0 Å². The maximum absolute atomic E-state index is 5.31. The Kier molecular flexibility index (Phi) is 4.68. The zero-order valence-electron chi connectivity index (χ0n) is 10.0. The van der Waals surface area contributed by atoms with E-state index >= 15 is 0 Å². The van der Waals surface area contributed by atoms with Crippen LogP contribution in [0.1, 0.15) is 25.7 Å². The molecular weight excluding hydrogens is 248 g/mol. The van der Waals surface area contributed by atoms with Crippen molar-refractivity contribution >= 4 is 34.8 Å². The molecule has 0 radical (unpaired) electrons. The van der Waals surface area contributed by atoms with E-state index in [4.69, 9.17) is 12.2 Å². The fraction of sp³-hybridized carbons (Fsp3) is 0.462. The molecule has 92 valence electrons. The van der Waals surface area contributed by atoms with E-state index in [2.05, 4.69) is 41.2 Å². The smallest absolute Gasteiger partial charge is 0.170 e. The summed E-state index contributed by atoms with van der Waals surface area (Å²) < 4.78 is 0. The molecule has 2 nitrogen and oxygen atoms in total. The van der Waals surface area contributed by atoms with Crippen LogP contribution in [0.15, 0.2) is 29.2 Å². The molecule has 0 unspecified atom stereocenters. The van der Waals surface area contributed by atoms with Crippen molar-refractivity contribution in [2.75, 3.05) is 11.6 Å². The van der Waals surface area contributed by atoms with Gasteiger partial charge in [0.2, 0.25) is 0 Å². The highest BCUT2D eigenvalue weighted by atomic mass is 32.2. The Labute approximate surface area is 113 Å². The molecule has 0 heterocycles. The Morgan fingerprint density at radius 3 is 2.47 bits per heavy atom. The summed E-state index contributed by atoms with van der Waals surface area (Å²) in [6, 6.07) is 8.90. The minimum absolute atomic E-state index is 0.570. The van der Waals surface area contributed by atoms with Gasteiger partial charge >= 0.3 is 0 Å². The van der Waals surface area contributed by atoms with Gasteiger partial charge in [0.05, 0.1) is 0 Å². The zero-order valence-corrected chi connectivity index (χ0v) is 11.7. The van der Waals surface area contributed by atoms with Crippen molar-refractivity contribution in [1.29, 1.82) is 0 Å². The molecule has 0 spiro atoms. The van der Waals surface area contributed by atoms with Crippen LogP contribution in [-0.4, -0.2) is 17.4 Å². The fourth-order valence-electron chi connectivity index (χ4n) is 2.10. The lowest BCUT2D eigenvalue weighted by atomic mass is 10.2. The third kappa shape index (κ3) is 3.89. The topological polar surface area (TPSA) is 24.1 Å². The molecule has 1 aliphatic carbocycles. The number of thiocarbonyl (C=S) groups is 1. The molecule has 1 aromatic rings. The summed E-state index contributed by atoms with van der Waals surface area (Å²) >= 11 is 7.05. The molecule has 2 N–H and O–H groups in total. The molecule has 17 heavy (non-hydrogen) atoms. The summed E-state index contributed by atoms with van der Waals surface area (Å²) in [7, 11) is 0. The van der Waals surface area contributed by atoms with Gasteiger partial charge in [-0.1, -0.05) is 12.8 Å². The second-order valence-corrected chi connectivity index (χ2v) is 5.60. The lowest BCUT2D eigenvalue weighted by molar-refractivity contribution is 0.634. The van der Waals surface area contributed by atoms with Crippen LogP contribution in [0.4, 0.5) is 5.69 Å². The van der Waals surface area contributed by atoms with Gasteiger partial charge in [-0.15, -0.1) is 11.8 Å². The van der Waals surface area contributed by atoms with Gasteiger partial charge in [0.1, 0.15) is 0 Å². The molecule has 1 aliphatic rings. The molecule has 0 amide bonds. The molecule has 0 aromatic heterocycles. The van der Waals surface area contributed by atoms with Gasteiger partial charge in [-0.05, 0) is 55.6 Å². The van der Waals surface area contributed by atoms with Crippen molar-refractivity contribution in [3.8, 4) is 0 Å². The van der Waals surface area contributed by atoms with Crippen LogP contribution < -0.4 is 10.6 Å². The summed E-state index contributed by atoms with van der Waals surface area (Å²) in [6.45, 7) is 0. The van der Waals surface area contributed by atoms with Crippen LogP contribution in [0.5, 0.6) is 0 Å². The predicted octanol–water partition coefficient (Wildman–Crippen LogP) is 3.64. The van der Waals surface area contributed by atoms with Crippen LogP contribution in [0.2, 0.25) is 0 Å². The van der Waals surface area contributed by atoms with Gasteiger partial charge in [0, 0.05) is 16.6 Å². The Hall–Kier alpha value is -0.740. The first-order chi connectivity index (χ1) is 8.28. The molecule has 1 saturated carbocycles. The standard InChI is InChI=1S/C13H18N2S2/c1-17-12-8-6-11(7-9-12)15-13(16)14-10-4-2-3-5-10/h6-10H,2-5H2,1H3,(H2,14,15,16). The fourth-order valence-corrected chi connectivity index (χ4v) is 2.79. The van der Waals surface area contributed by atoms with Crippen LogP contribution in [0, 0.1) is 0 Å². The monoisotopic (exact) mass is 266 g/mol. The van der Waals surface area contributed by atoms with Gasteiger partial charge in [0.15, 0.2) is 5.11 Å². The molecule has 0 saturated heterocycles. The molecule has 4 heteroatoms. The van der Waals surface area contributed by atoms with Crippen molar-refractivity contribution in [1.82, 2.24) is 5.32 Å². The SMILES string of the molecule is CSc1ccc(NC(=S)NC2CCCC2)cc1. The average Bonchev–Trinajstić information content (AvgIpc) is 2.82. The van der Waals surface area contributed by atoms with E-state index in [1.807, 2.05) is 0 Å². The van der Waals surface area contributed by atoms with Crippen LogP contribution >= 0.6 is 24.0 Å². The third-order valence-corrected chi connectivity index (χ3v) is 4.00. The summed E-state index contributed by atoms with van der Waals surface area (Å²) in [6.07, 6.45) is 7.21. The Morgan fingerprint density at radius 2 is 1.88 bits per heavy atom. The Balaban J connectivity index is 1.84. The van der Waals surface area contributed by atoms with E-state index in [9.17, 15) is 0 Å². The molecule has 1 aromatic carbocycles. The van der Waals surface area contributed by atoms with Crippen LogP contribution in [0.3, 0.4) is 0 Å². The first kappa shape index (κ1) is 12.7. The number of hydrogen-bond acceptors (Lipinski definition) is 2. The highest BCUT2D eigenvalue weighted by Crippen LogP contribution is 2.19. The van der Waals surface area contributed by atoms with E-state index in [-0.39, 0.29) is 0 Å². The van der Waals surface area contributed by atoms with Gasteiger partial charge < -0.3 is 10.6 Å². The predicted molar refractivity (Wildman–Crippen MR) is 79.8 cm³/mol. The zero-order chi connectivity index (χ0) is 12.1. The van der Waals surface area contributed by atoms with Crippen LogP contribution in [-0.2, 0) is 0 Å². The summed E-state index contributed by atoms with van der Waals surface area (Å²) in [5.74, 6) is 0. The first-order valence-electron chi connectivity index (χ1n) is 5.99. The number of anilines is 1. The number of hydrogen-bond donors (Lipinski definition) is 2. The first-order valence-corrected chi connectivity index (χ1v) is 7.63. The second kappa shape index (κ2) is 6.26. The van der Waals surface area contributed by atoms with Gasteiger partial charge in [0.25, 0.3) is 0 Å². The highest BCUT2D eigenvalue weighted by molar-refractivity contribution is 7.98. The quantitative estimate of drug-likeness (QED) is 0.644. The van der Waals surface area contributed by atoms with E-state index < -0.39 is 0 Å². The molecule has 0 aliphatic heterocycles. The number of rotatable bonds is 3. The summed E-state index contributed by atoms with van der Waals surface area (Å²) in [5.41, 5.74) is 1.05. The number of benzene rings is 1. The third-order valence-electron chi connectivity index (χ3n) is 3.04. The van der Waals surface area contributed by atoms with Crippen molar-refractivity contribution < 1.29 is 0 Å². The molecule has 1 fully saturated rings. The normalized spacial score (nSPS) is 15.8. The van der Waals surface area contributed by atoms with Crippen molar-refractivity contribution in [2.45, 2.75) is 36.6 Å². The van der Waals surface area contributed by atoms with Crippen molar-refractivity contribution in [2.24, 2.45) is 0 Å². The Morgan fingerprint density at radius 1 is 1.24 bits per heavy atom. The highest BCUT2D eigenvalue weighted by Gasteiger charge is 2.15. The number of nitrogens with one attached hydrogen (secondary N) is 2. The molecular formula is C13H18N2S2. The van der Waals surface area contributed by atoms with E-state index in [1.54, 1.807) is 11.8 Å². The largest absolute Gasteiger partial charge is 0.360 e. The minimum Gasteiger partial charge on any atom is -0.360 e. The average molecular weight is 266 g/mol. The summed E-state index contributed by atoms with van der Waals surface area (Å²) in [4.78, 5) is 1.27. The van der Waals surface area contributed by atoms with E-state index in [0.29, 0.717) is 6.04 Å². The lowest BCUT2D eigenvalue weighted by Gasteiger charge is -2.15. The summed E-state index contributed by atoms with van der Waals surface area (Å²) in [5, 5.41) is 7.35. The molecule has 2 rings (SSSR count). The van der Waals surface area contributed by atoms with E-state index in [1.165, 1.54) is 30.6 Å². The van der Waals surface area contributed by atoms with E-state index in [0.717, 1.165) is 10.8 Å². The number of thioether (sulfide) groups is 1. The second-order valence-electron chi connectivity index (χ2n) is 4.31. The van der Waals surface area contributed by atoms with Crippen LogP contribution in [0.25, 0.3) is 0 Å². The molecule has 0 bridgehead atoms. The maximum atomic E-state index is 5.31. The lowest BCUT2D eigenvalue weighted by Crippen LogP contribution is -2.35. The van der Waals surface area contributed by atoms with Crippen molar-refractivity contribution in [3.05, 3.63) is 24.3 Å². The van der Waals surface area contributed by atoms with Gasteiger partial charge in [-0.3, -0.25) is 0 Å². The minimum atomic E-state index is 0.570. The molecule has 0 atom stereocenters.